The number of anilines is 2. The van der Waals surface area contributed by atoms with Gasteiger partial charge in [0.15, 0.2) is 0 Å². The van der Waals surface area contributed by atoms with E-state index in [0.29, 0.717) is 17.1 Å². The topological polar surface area (TPSA) is 68.1 Å². The van der Waals surface area contributed by atoms with E-state index in [0.717, 1.165) is 15.5 Å². The highest BCUT2D eigenvalue weighted by molar-refractivity contribution is 9.10. The lowest BCUT2D eigenvalue weighted by molar-refractivity contribution is -0.384. The molecule has 2 aromatic carbocycles. The Labute approximate surface area is 178 Å². The van der Waals surface area contributed by atoms with E-state index in [1.54, 1.807) is 0 Å². The Balaban J connectivity index is 1.63. The molecule has 1 N–H and O–H groups in total. The number of nitrogens with one attached hydrogen (secondary N) is 1. The number of fused-ring (bicyclic) bond motifs is 1. The molecule has 0 amide bonds. The third kappa shape index (κ3) is 4.58. The van der Waals surface area contributed by atoms with Gasteiger partial charge in [-0.1, -0.05) is 60.2 Å². The van der Waals surface area contributed by atoms with E-state index >= 15 is 0 Å². The van der Waals surface area contributed by atoms with Crippen LogP contribution in [0.5, 0.6) is 0 Å². The average Bonchev–Trinajstić information content (AvgIpc) is 2.69. The number of halogens is 1. The highest BCUT2D eigenvalue weighted by atomic mass is 79.9. The van der Waals surface area contributed by atoms with E-state index in [9.17, 15) is 10.1 Å². The Morgan fingerprint density at radius 2 is 1.69 bits per heavy atom. The molecule has 1 aliphatic rings. The van der Waals surface area contributed by atoms with Crippen LogP contribution in [-0.4, -0.2) is 9.91 Å². The first kappa shape index (κ1) is 19.8. The zero-order chi connectivity index (χ0) is 20.2. The predicted molar refractivity (Wildman–Crippen MR) is 121 cm³/mol. The highest BCUT2D eigenvalue weighted by Gasteiger charge is 2.19. The zero-order valence-electron chi connectivity index (χ0n) is 16.2. The molecule has 0 radical (unpaired) electrons. The second kappa shape index (κ2) is 8.91. The van der Waals surface area contributed by atoms with Crippen LogP contribution in [-0.2, 0) is 0 Å². The van der Waals surface area contributed by atoms with Crippen molar-refractivity contribution >= 4 is 43.9 Å². The molecule has 29 heavy (non-hydrogen) atoms. The Morgan fingerprint density at radius 1 is 1.00 bits per heavy atom. The first-order chi connectivity index (χ1) is 14.1. The largest absolute Gasteiger partial charge is 0.349 e. The molecule has 6 heteroatoms. The number of rotatable bonds is 4. The molecule has 1 heterocycles. The van der Waals surface area contributed by atoms with Gasteiger partial charge in [-0.05, 0) is 54.7 Å². The monoisotopic (exact) mass is 453 g/mol. The molecule has 0 unspecified atom stereocenters. The quantitative estimate of drug-likeness (QED) is 0.328. The van der Waals surface area contributed by atoms with Crippen LogP contribution in [0.25, 0.3) is 10.9 Å². The number of nitrogens with zero attached hydrogens (tertiary/aromatic N) is 2. The number of pyridine rings is 1. The van der Waals surface area contributed by atoms with Crippen LogP contribution >= 0.6 is 15.9 Å². The summed E-state index contributed by atoms with van der Waals surface area (Å²) in [5.74, 6) is 0.622. The maximum absolute atomic E-state index is 11.6. The third-order valence-corrected chi connectivity index (χ3v) is 6.26. The van der Waals surface area contributed by atoms with Crippen molar-refractivity contribution in [1.82, 2.24) is 4.98 Å². The van der Waals surface area contributed by atoms with Crippen molar-refractivity contribution in [3.05, 3.63) is 68.8 Å². The number of hydrogen-bond acceptors (Lipinski definition) is 4. The minimum absolute atomic E-state index is 0.0281. The van der Waals surface area contributed by atoms with Crippen molar-refractivity contribution in [3.63, 3.8) is 0 Å². The molecule has 1 aromatic heterocycles. The van der Waals surface area contributed by atoms with E-state index in [-0.39, 0.29) is 5.69 Å². The molecule has 3 aromatic rings. The lowest BCUT2D eigenvalue weighted by Gasteiger charge is -2.20. The molecular formula is C23H24BrN3O2. The predicted octanol–water partition coefficient (Wildman–Crippen LogP) is 7.48. The van der Waals surface area contributed by atoms with E-state index in [2.05, 4.69) is 38.4 Å². The zero-order valence-corrected chi connectivity index (χ0v) is 17.8. The molecule has 0 aliphatic heterocycles. The van der Waals surface area contributed by atoms with Crippen LogP contribution in [0.3, 0.4) is 0 Å². The van der Waals surface area contributed by atoms with Crippen LogP contribution < -0.4 is 5.32 Å². The van der Waals surface area contributed by atoms with Crippen molar-refractivity contribution in [2.75, 3.05) is 5.32 Å². The Kier molecular flexibility index (Phi) is 6.09. The number of hydrogen-bond donors (Lipinski definition) is 1. The van der Waals surface area contributed by atoms with Gasteiger partial charge in [0.1, 0.15) is 11.9 Å². The molecule has 0 spiro atoms. The second-order valence-electron chi connectivity index (χ2n) is 7.73. The van der Waals surface area contributed by atoms with Gasteiger partial charge in [0, 0.05) is 15.5 Å². The molecule has 0 saturated heterocycles. The van der Waals surface area contributed by atoms with E-state index < -0.39 is 4.92 Å². The molecule has 1 aliphatic carbocycles. The SMILES string of the molecule is O=[N+]([O-])c1cnc2ccc(Br)cc2c1Nc1ccc(C2CCCCCCC2)cc1. The molecule has 4 rings (SSSR count). The number of nitro groups is 1. The normalized spacial score (nSPS) is 15.6. The fraction of sp³-hybridized carbons (Fsp3) is 0.348. The minimum Gasteiger partial charge on any atom is -0.349 e. The van der Waals surface area contributed by atoms with Crippen molar-refractivity contribution in [1.29, 1.82) is 0 Å². The van der Waals surface area contributed by atoms with Crippen LogP contribution in [0, 0.1) is 10.1 Å². The summed E-state index contributed by atoms with van der Waals surface area (Å²) in [4.78, 5) is 15.4. The first-order valence-corrected chi connectivity index (χ1v) is 11.0. The maximum Gasteiger partial charge on any atom is 0.311 e. The highest BCUT2D eigenvalue weighted by Crippen LogP contribution is 2.36. The van der Waals surface area contributed by atoms with E-state index in [4.69, 9.17) is 0 Å². The Hall–Kier alpha value is -2.47. The summed E-state index contributed by atoms with van der Waals surface area (Å²) in [6.45, 7) is 0. The Morgan fingerprint density at radius 3 is 2.38 bits per heavy atom. The summed E-state index contributed by atoms with van der Waals surface area (Å²) in [5.41, 5.74) is 3.37. The molecular weight excluding hydrogens is 430 g/mol. The van der Waals surface area contributed by atoms with Crippen LogP contribution in [0.4, 0.5) is 17.1 Å². The van der Waals surface area contributed by atoms with Gasteiger partial charge in [-0.2, -0.15) is 0 Å². The molecule has 5 nitrogen and oxygen atoms in total. The summed E-state index contributed by atoms with van der Waals surface area (Å²) in [6.07, 6.45) is 10.5. The summed E-state index contributed by atoms with van der Waals surface area (Å²) in [6, 6.07) is 14.0. The lowest BCUT2D eigenvalue weighted by atomic mass is 9.86. The van der Waals surface area contributed by atoms with Gasteiger partial charge in [-0.15, -0.1) is 0 Å². The lowest BCUT2D eigenvalue weighted by Crippen LogP contribution is -2.03. The molecule has 1 saturated carbocycles. The van der Waals surface area contributed by atoms with Gasteiger partial charge >= 0.3 is 5.69 Å². The van der Waals surface area contributed by atoms with Crippen LogP contribution in [0.1, 0.15) is 56.4 Å². The summed E-state index contributed by atoms with van der Waals surface area (Å²) in [7, 11) is 0. The number of aromatic nitrogens is 1. The molecule has 1 fully saturated rings. The van der Waals surface area contributed by atoms with Gasteiger partial charge in [-0.25, -0.2) is 4.98 Å². The van der Waals surface area contributed by atoms with Crippen molar-refractivity contribution in [2.45, 2.75) is 50.9 Å². The smallest absolute Gasteiger partial charge is 0.311 e. The molecule has 150 valence electrons. The summed E-state index contributed by atoms with van der Waals surface area (Å²) in [5, 5.41) is 15.6. The third-order valence-electron chi connectivity index (χ3n) is 5.76. The maximum atomic E-state index is 11.6. The summed E-state index contributed by atoms with van der Waals surface area (Å²) < 4.78 is 0.856. The molecule has 0 atom stereocenters. The van der Waals surface area contributed by atoms with Gasteiger partial charge in [0.2, 0.25) is 0 Å². The average molecular weight is 454 g/mol. The summed E-state index contributed by atoms with van der Waals surface area (Å²) >= 11 is 3.45. The fourth-order valence-corrected chi connectivity index (χ4v) is 4.56. The van der Waals surface area contributed by atoms with Gasteiger partial charge in [0.05, 0.1) is 10.4 Å². The standard InChI is InChI=1S/C23H24BrN3O2/c24-18-10-13-21-20(14-18)23(22(15-25-21)27(28)29)26-19-11-8-17(9-12-19)16-6-4-2-1-3-5-7-16/h8-16H,1-7H2,(H,25,26). The van der Waals surface area contributed by atoms with Crippen LogP contribution in [0.15, 0.2) is 53.1 Å². The molecule has 0 bridgehead atoms. The van der Waals surface area contributed by atoms with E-state index in [1.807, 2.05) is 30.3 Å². The van der Waals surface area contributed by atoms with Gasteiger partial charge < -0.3 is 5.32 Å². The van der Waals surface area contributed by atoms with Crippen molar-refractivity contribution < 1.29 is 4.92 Å². The van der Waals surface area contributed by atoms with Crippen molar-refractivity contribution in [2.24, 2.45) is 0 Å². The van der Waals surface area contributed by atoms with E-state index in [1.165, 1.54) is 56.7 Å². The Bertz CT molecular complexity index is 1010. The van der Waals surface area contributed by atoms with Crippen molar-refractivity contribution in [3.8, 4) is 0 Å². The minimum atomic E-state index is -0.390. The van der Waals surface area contributed by atoms with Gasteiger partial charge in [-0.3, -0.25) is 10.1 Å². The first-order valence-electron chi connectivity index (χ1n) is 10.2. The van der Waals surface area contributed by atoms with Gasteiger partial charge in [0.25, 0.3) is 0 Å². The van der Waals surface area contributed by atoms with Crippen LogP contribution in [0.2, 0.25) is 0 Å². The number of benzene rings is 2. The fourth-order valence-electron chi connectivity index (χ4n) is 4.20. The second-order valence-corrected chi connectivity index (χ2v) is 8.64.